The van der Waals surface area contributed by atoms with Crippen molar-refractivity contribution in [2.75, 3.05) is 26.2 Å². The lowest BCUT2D eigenvalue weighted by Crippen LogP contribution is -2.46. The average Bonchev–Trinajstić information content (AvgIpc) is 3.19. The van der Waals surface area contributed by atoms with E-state index in [1.165, 1.54) is 25.7 Å². The Kier molecular flexibility index (Phi) is 4.93. The van der Waals surface area contributed by atoms with E-state index >= 15 is 0 Å². The van der Waals surface area contributed by atoms with Crippen molar-refractivity contribution in [3.05, 3.63) is 24.2 Å². The zero-order valence-electron chi connectivity index (χ0n) is 12.5. The first-order valence-electron chi connectivity index (χ1n) is 8.06. The predicted molar refractivity (Wildman–Crippen MR) is 80.7 cm³/mol. The van der Waals surface area contributed by atoms with Gasteiger partial charge in [0.2, 0.25) is 5.91 Å². The number of amides is 1. The molecule has 2 saturated heterocycles. The average molecular weight is 291 g/mol. The molecule has 5 nitrogen and oxygen atoms in total. The van der Waals surface area contributed by atoms with E-state index in [-0.39, 0.29) is 5.91 Å². The van der Waals surface area contributed by atoms with E-state index in [0.29, 0.717) is 25.0 Å². The number of carbonyl (C=O) groups excluding carboxylic acids is 1. The van der Waals surface area contributed by atoms with Crippen LogP contribution >= 0.6 is 0 Å². The van der Waals surface area contributed by atoms with E-state index in [4.69, 9.17) is 4.42 Å². The number of piperidine rings is 1. The molecule has 0 bridgehead atoms. The van der Waals surface area contributed by atoms with Crippen molar-refractivity contribution in [2.45, 2.75) is 38.3 Å². The van der Waals surface area contributed by atoms with Gasteiger partial charge in [0.25, 0.3) is 0 Å². The van der Waals surface area contributed by atoms with Crippen molar-refractivity contribution in [1.82, 2.24) is 15.5 Å². The minimum Gasteiger partial charge on any atom is -0.467 e. The van der Waals surface area contributed by atoms with Gasteiger partial charge in [0, 0.05) is 12.6 Å². The number of hydrogen-bond acceptors (Lipinski definition) is 4. The van der Waals surface area contributed by atoms with Crippen LogP contribution in [0, 0.1) is 5.92 Å². The minimum atomic E-state index is 0.0893. The first-order chi connectivity index (χ1) is 10.3. The Morgan fingerprint density at radius 2 is 2.38 bits per heavy atom. The number of nitrogens with zero attached hydrogens (tertiary/aromatic N) is 1. The van der Waals surface area contributed by atoms with Crippen molar-refractivity contribution >= 4 is 5.91 Å². The first-order valence-corrected chi connectivity index (χ1v) is 8.06. The van der Waals surface area contributed by atoms with Crippen LogP contribution in [-0.4, -0.2) is 43.0 Å². The molecule has 2 N–H and O–H groups in total. The van der Waals surface area contributed by atoms with E-state index in [2.05, 4.69) is 15.5 Å². The lowest BCUT2D eigenvalue weighted by atomic mass is 9.90. The topological polar surface area (TPSA) is 57.5 Å². The highest BCUT2D eigenvalue weighted by Gasteiger charge is 2.29. The lowest BCUT2D eigenvalue weighted by Gasteiger charge is -2.35. The number of rotatable bonds is 5. The zero-order chi connectivity index (χ0) is 14.5. The molecule has 0 aliphatic carbocycles. The van der Waals surface area contributed by atoms with Gasteiger partial charge in [0.1, 0.15) is 5.76 Å². The number of furan rings is 1. The molecular weight excluding hydrogens is 266 g/mol. The van der Waals surface area contributed by atoms with Gasteiger partial charge >= 0.3 is 0 Å². The van der Waals surface area contributed by atoms with Crippen molar-refractivity contribution < 1.29 is 9.21 Å². The van der Waals surface area contributed by atoms with Crippen molar-refractivity contribution in [1.29, 1.82) is 0 Å². The highest BCUT2D eigenvalue weighted by molar-refractivity contribution is 5.77. The molecule has 0 saturated carbocycles. The summed E-state index contributed by atoms with van der Waals surface area (Å²) < 4.78 is 5.22. The lowest BCUT2D eigenvalue weighted by molar-refractivity contribution is -0.123. The van der Waals surface area contributed by atoms with Gasteiger partial charge in [0.15, 0.2) is 0 Å². The zero-order valence-corrected chi connectivity index (χ0v) is 12.5. The summed E-state index contributed by atoms with van der Waals surface area (Å²) in [6, 6.07) is 4.38. The smallest absolute Gasteiger partial charge is 0.234 e. The Labute approximate surface area is 126 Å². The van der Waals surface area contributed by atoms with Gasteiger partial charge in [0.05, 0.1) is 19.4 Å². The van der Waals surface area contributed by atoms with Crippen LogP contribution in [0.3, 0.4) is 0 Å². The normalized spacial score (nSPS) is 26.9. The number of carbonyl (C=O) groups is 1. The molecule has 2 atom stereocenters. The second-order valence-electron chi connectivity index (χ2n) is 6.20. The summed E-state index contributed by atoms with van der Waals surface area (Å²) in [6.07, 6.45) is 6.72. The SMILES string of the molecule is O=C(CN1CCCC(C2CCCN2)C1)NCc1ccco1. The number of nitrogens with one attached hydrogen (secondary N) is 2. The highest BCUT2D eigenvalue weighted by Crippen LogP contribution is 2.24. The summed E-state index contributed by atoms with van der Waals surface area (Å²) >= 11 is 0. The van der Waals surface area contributed by atoms with Crippen LogP contribution in [0.25, 0.3) is 0 Å². The van der Waals surface area contributed by atoms with E-state index in [9.17, 15) is 4.79 Å². The molecule has 1 aromatic rings. The second kappa shape index (κ2) is 7.09. The largest absolute Gasteiger partial charge is 0.467 e. The van der Waals surface area contributed by atoms with Gasteiger partial charge < -0.3 is 15.1 Å². The van der Waals surface area contributed by atoms with Crippen LogP contribution in [0.5, 0.6) is 0 Å². The molecule has 3 heterocycles. The molecular formula is C16H25N3O2. The van der Waals surface area contributed by atoms with Gasteiger partial charge in [-0.2, -0.15) is 0 Å². The molecule has 0 aromatic carbocycles. The van der Waals surface area contributed by atoms with Crippen LogP contribution in [0.4, 0.5) is 0 Å². The maximum absolute atomic E-state index is 12.0. The molecule has 0 radical (unpaired) electrons. The fourth-order valence-electron chi connectivity index (χ4n) is 3.54. The molecule has 0 spiro atoms. The van der Waals surface area contributed by atoms with Crippen molar-refractivity contribution in [3.63, 3.8) is 0 Å². The summed E-state index contributed by atoms with van der Waals surface area (Å²) in [7, 11) is 0. The molecule has 2 aliphatic heterocycles. The molecule has 21 heavy (non-hydrogen) atoms. The Bertz CT molecular complexity index is 440. The number of likely N-dealkylation sites (tertiary alicyclic amines) is 1. The van der Waals surface area contributed by atoms with Gasteiger partial charge in [-0.25, -0.2) is 0 Å². The maximum atomic E-state index is 12.0. The minimum absolute atomic E-state index is 0.0893. The third-order valence-corrected chi connectivity index (χ3v) is 4.62. The molecule has 3 rings (SSSR count). The molecule has 2 unspecified atom stereocenters. The maximum Gasteiger partial charge on any atom is 0.234 e. The van der Waals surface area contributed by atoms with E-state index < -0.39 is 0 Å². The molecule has 1 amide bonds. The van der Waals surface area contributed by atoms with Gasteiger partial charge in [-0.3, -0.25) is 9.69 Å². The molecule has 2 aliphatic rings. The van der Waals surface area contributed by atoms with Gasteiger partial charge in [-0.15, -0.1) is 0 Å². The Balaban J connectivity index is 1.42. The Hall–Kier alpha value is -1.33. The summed E-state index contributed by atoms with van der Waals surface area (Å²) in [5, 5.41) is 6.53. The third kappa shape index (κ3) is 4.08. The second-order valence-corrected chi connectivity index (χ2v) is 6.20. The third-order valence-electron chi connectivity index (χ3n) is 4.62. The fourth-order valence-corrected chi connectivity index (χ4v) is 3.54. The Morgan fingerprint density at radius 1 is 1.43 bits per heavy atom. The van der Waals surface area contributed by atoms with Gasteiger partial charge in [-0.05, 0) is 56.8 Å². The summed E-state index contributed by atoms with van der Waals surface area (Å²) in [6.45, 7) is 4.23. The Morgan fingerprint density at radius 3 is 3.14 bits per heavy atom. The van der Waals surface area contributed by atoms with E-state index in [0.717, 1.165) is 25.4 Å². The predicted octanol–water partition coefficient (Wildman–Crippen LogP) is 1.36. The monoisotopic (exact) mass is 291 g/mol. The summed E-state index contributed by atoms with van der Waals surface area (Å²) in [5.74, 6) is 1.60. The number of hydrogen-bond donors (Lipinski definition) is 2. The van der Waals surface area contributed by atoms with Crippen molar-refractivity contribution in [2.24, 2.45) is 5.92 Å². The standard InChI is InChI=1S/C16H25N3O2/c20-16(18-10-14-5-3-9-21-14)12-19-8-2-4-13(11-19)15-6-1-7-17-15/h3,5,9,13,15,17H,1-2,4,6-8,10-12H2,(H,18,20). The molecule has 2 fully saturated rings. The van der Waals surface area contributed by atoms with Crippen LogP contribution in [0.1, 0.15) is 31.4 Å². The summed E-state index contributed by atoms with van der Waals surface area (Å²) in [4.78, 5) is 14.3. The van der Waals surface area contributed by atoms with Crippen molar-refractivity contribution in [3.8, 4) is 0 Å². The van der Waals surface area contributed by atoms with E-state index in [1.54, 1.807) is 6.26 Å². The van der Waals surface area contributed by atoms with Crippen LogP contribution in [-0.2, 0) is 11.3 Å². The van der Waals surface area contributed by atoms with Crippen LogP contribution in [0.15, 0.2) is 22.8 Å². The van der Waals surface area contributed by atoms with Crippen LogP contribution < -0.4 is 10.6 Å². The van der Waals surface area contributed by atoms with Gasteiger partial charge in [-0.1, -0.05) is 0 Å². The fraction of sp³-hybridized carbons (Fsp3) is 0.688. The van der Waals surface area contributed by atoms with Crippen LogP contribution in [0.2, 0.25) is 0 Å². The summed E-state index contributed by atoms with van der Waals surface area (Å²) in [5.41, 5.74) is 0. The quantitative estimate of drug-likeness (QED) is 0.860. The van der Waals surface area contributed by atoms with E-state index in [1.807, 2.05) is 12.1 Å². The molecule has 116 valence electrons. The molecule has 5 heteroatoms. The highest BCUT2D eigenvalue weighted by atomic mass is 16.3. The first kappa shape index (κ1) is 14.6. The molecule has 1 aromatic heterocycles.